The number of nitrogens with zero attached hydrogens (tertiary/aromatic N) is 6. The van der Waals surface area contributed by atoms with Crippen molar-refractivity contribution in [2.24, 2.45) is 26.8 Å². The third-order valence-corrected chi connectivity index (χ3v) is 14.5. The quantitative estimate of drug-likeness (QED) is 0.0410. The van der Waals surface area contributed by atoms with E-state index >= 15 is 0 Å². The van der Waals surface area contributed by atoms with Gasteiger partial charge in [0.25, 0.3) is 5.91 Å². The van der Waals surface area contributed by atoms with Crippen molar-refractivity contribution in [2.45, 2.75) is 140 Å². The molecule has 4 aliphatic heterocycles. The number of carbonyl (C=O) groups excluding carboxylic acids is 4. The number of piperidine rings is 1. The fourth-order valence-corrected chi connectivity index (χ4v) is 10.6. The monoisotopic (exact) mass is 941 g/mol. The van der Waals surface area contributed by atoms with E-state index in [2.05, 4.69) is 57.7 Å². The van der Waals surface area contributed by atoms with E-state index in [1.165, 1.54) is 12.8 Å². The van der Waals surface area contributed by atoms with E-state index in [4.69, 9.17) is 25.3 Å². The van der Waals surface area contributed by atoms with Gasteiger partial charge in [-0.2, -0.15) is 5.10 Å². The molecule has 2 aromatic carbocycles. The normalized spacial score (nSPS) is 26.0. The Morgan fingerprint density at radius 1 is 1.03 bits per heavy atom. The number of carbonyl (C=O) groups is 4. The van der Waals surface area contributed by atoms with Gasteiger partial charge >= 0.3 is 0 Å². The minimum Gasteiger partial charge on any atom is -0.495 e. The summed E-state index contributed by atoms with van der Waals surface area (Å²) in [6, 6.07) is 11.5. The number of ether oxygens (including phenoxy) is 2. The summed E-state index contributed by atoms with van der Waals surface area (Å²) in [5.74, 6) is 13.1. The second kappa shape index (κ2) is 22.9. The number of imide groups is 1. The molecule has 4 fully saturated rings. The number of hydrogen-bond acceptors (Lipinski definition) is 13. The van der Waals surface area contributed by atoms with Gasteiger partial charge < -0.3 is 40.6 Å². The highest BCUT2D eigenvalue weighted by atomic mass is 16.5. The standard InChI is InChI=1S/C53H68N10O6/c1-5-44-53(67)61(3)47-32-57-50(34(2)17-24-45(47)63(44)39-14-8-9-15-39)58-42-23-18-36(30-48(42)68-4)43(60-54)31-56-38-21-19-37(20-22-38)55-27-29-69-28-10-6-7-12-35-13-11-16-40-41(35)33-62(52(40)66)46-25-26-49(64)59-51(46)65/h11,13,16,18,23-24,30-32,34,37-39,44,46,55H,5-6,8-10,14-15,17,19-22,25-29,33,54H2,1-4H3,(H,57,58)(H,59,64,65)/b45-24-,47-32+,56-31?,60-43+. The first kappa shape index (κ1) is 49.1. The summed E-state index contributed by atoms with van der Waals surface area (Å²) in [5, 5.41) is 13.6. The molecule has 2 aliphatic carbocycles. The van der Waals surface area contributed by atoms with Crippen molar-refractivity contribution >= 4 is 47.1 Å². The molecule has 2 aromatic rings. The van der Waals surface area contributed by atoms with Crippen LogP contribution < -0.4 is 26.5 Å². The van der Waals surface area contributed by atoms with Crippen molar-refractivity contribution in [1.82, 2.24) is 25.3 Å². The predicted octanol–water partition coefficient (Wildman–Crippen LogP) is 6.01. The van der Waals surface area contributed by atoms with Crippen LogP contribution in [-0.2, 0) is 25.7 Å². The molecule has 4 heterocycles. The molecular formula is C53H68N10O6. The van der Waals surface area contributed by atoms with Gasteiger partial charge in [-0.1, -0.05) is 56.7 Å². The summed E-state index contributed by atoms with van der Waals surface area (Å²) in [7, 11) is 3.51. The zero-order valence-electron chi connectivity index (χ0n) is 40.6. The number of amidine groups is 1. The number of hydrogen-bond donors (Lipinski definition) is 4. The van der Waals surface area contributed by atoms with E-state index in [0.29, 0.717) is 61.7 Å². The Balaban J connectivity index is 0.760. The number of allylic oxidation sites excluding steroid dienone is 1. The van der Waals surface area contributed by atoms with Gasteiger partial charge in [-0.25, -0.2) is 4.99 Å². The number of nitrogens with two attached hydrogens (primary N) is 1. The van der Waals surface area contributed by atoms with E-state index in [1.54, 1.807) is 29.2 Å². The molecule has 0 spiro atoms. The van der Waals surface area contributed by atoms with Crippen LogP contribution in [0.15, 0.2) is 75.2 Å². The first-order valence-electron chi connectivity index (χ1n) is 25.0. The molecule has 69 heavy (non-hydrogen) atoms. The van der Waals surface area contributed by atoms with Gasteiger partial charge in [-0.15, -0.1) is 0 Å². The number of unbranched alkanes of at least 4 members (excludes halogenated alkanes) is 1. The molecule has 0 aromatic heterocycles. The summed E-state index contributed by atoms with van der Waals surface area (Å²) in [4.78, 5) is 66.4. The third kappa shape index (κ3) is 11.3. The van der Waals surface area contributed by atoms with Crippen LogP contribution in [0.4, 0.5) is 5.69 Å². The summed E-state index contributed by atoms with van der Waals surface area (Å²) in [6.45, 7) is 6.58. The van der Waals surface area contributed by atoms with E-state index in [9.17, 15) is 19.2 Å². The molecule has 16 heteroatoms. The van der Waals surface area contributed by atoms with Crippen molar-refractivity contribution in [3.05, 3.63) is 82.3 Å². The van der Waals surface area contributed by atoms with Crippen molar-refractivity contribution < 1.29 is 28.7 Å². The number of likely N-dealkylation sites (N-methyl/N-ethyl adjacent to an activating group) is 1. The van der Waals surface area contributed by atoms with Gasteiger partial charge in [0.2, 0.25) is 17.7 Å². The number of anilines is 1. The highest BCUT2D eigenvalue weighted by molar-refractivity contribution is 6.38. The van der Waals surface area contributed by atoms with E-state index in [1.807, 2.05) is 43.6 Å². The average molecular weight is 941 g/mol. The van der Waals surface area contributed by atoms with Gasteiger partial charge in [-0.05, 0) is 94.0 Å². The minimum absolute atomic E-state index is 0.0902. The average Bonchev–Trinajstić information content (AvgIpc) is 4.01. The smallest absolute Gasteiger partial charge is 0.255 e. The molecule has 2 saturated carbocycles. The number of rotatable bonds is 15. The number of hydrazone groups is 1. The zero-order chi connectivity index (χ0) is 48.4. The Labute approximate surface area is 406 Å². The highest BCUT2D eigenvalue weighted by Crippen LogP contribution is 2.39. The fraction of sp³-hybridized carbons (Fsp3) is 0.528. The lowest BCUT2D eigenvalue weighted by Gasteiger charge is -2.47. The Hall–Kier alpha value is -6.31. The van der Waals surface area contributed by atoms with Crippen molar-refractivity contribution in [1.29, 1.82) is 0 Å². The number of amides is 4. The van der Waals surface area contributed by atoms with E-state index in [0.717, 1.165) is 104 Å². The lowest BCUT2D eigenvalue weighted by Crippen LogP contribution is -2.55. The van der Waals surface area contributed by atoms with Crippen molar-refractivity contribution in [3.8, 4) is 17.6 Å². The first-order chi connectivity index (χ1) is 33.6. The predicted molar refractivity (Wildman–Crippen MR) is 268 cm³/mol. The lowest BCUT2D eigenvalue weighted by molar-refractivity contribution is -0.137. The van der Waals surface area contributed by atoms with Crippen molar-refractivity contribution in [3.63, 3.8) is 0 Å². The summed E-state index contributed by atoms with van der Waals surface area (Å²) in [6.07, 6.45) is 18.1. The lowest BCUT2D eigenvalue weighted by atomic mass is 9.91. The maximum atomic E-state index is 13.6. The molecule has 4 amide bonds. The Morgan fingerprint density at radius 2 is 1.84 bits per heavy atom. The van der Waals surface area contributed by atoms with E-state index < -0.39 is 11.9 Å². The molecule has 6 aliphatic rings. The van der Waals surface area contributed by atoms with Gasteiger partial charge in [-0.3, -0.25) is 29.5 Å². The first-order valence-corrected chi connectivity index (χ1v) is 25.0. The van der Waals surface area contributed by atoms with Crippen molar-refractivity contribution in [2.75, 3.05) is 39.2 Å². The van der Waals surface area contributed by atoms with Crippen LogP contribution in [0, 0.1) is 17.8 Å². The summed E-state index contributed by atoms with van der Waals surface area (Å²) in [5.41, 5.74) is 6.30. The highest BCUT2D eigenvalue weighted by Gasteiger charge is 2.43. The van der Waals surface area contributed by atoms with Crippen LogP contribution in [-0.4, -0.2) is 120 Å². The van der Waals surface area contributed by atoms with Crippen LogP contribution in [0.25, 0.3) is 0 Å². The van der Waals surface area contributed by atoms with Crippen LogP contribution in [0.5, 0.6) is 5.75 Å². The number of nitrogens with one attached hydrogen (secondary N) is 3. The minimum atomic E-state index is -0.645. The Morgan fingerprint density at radius 3 is 2.59 bits per heavy atom. The van der Waals surface area contributed by atoms with Gasteiger partial charge in [0.1, 0.15) is 29.4 Å². The molecule has 366 valence electrons. The molecule has 8 rings (SSSR count). The van der Waals surface area contributed by atoms with Gasteiger partial charge in [0.05, 0.1) is 43.0 Å². The topological polar surface area (TPSA) is 196 Å². The number of piperazine rings is 1. The largest absolute Gasteiger partial charge is 0.495 e. The second-order valence-corrected chi connectivity index (χ2v) is 19.0. The Kier molecular flexibility index (Phi) is 16.3. The van der Waals surface area contributed by atoms with Gasteiger partial charge in [0, 0.05) is 80.5 Å². The summed E-state index contributed by atoms with van der Waals surface area (Å²) >= 11 is 0. The molecule has 5 N–H and O–H groups in total. The molecule has 0 radical (unpaired) electrons. The number of fused-ring (bicyclic) bond motifs is 2. The van der Waals surface area contributed by atoms with Crippen LogP contribution >= 0.6 is 0 Å². The SMILES string of the molecule is CCC1C(=O)N(C)C2=C/N=C(Nc3ccc(/C(C=NC4CCC(NCCOCCCC#Cc5cccc6c5CN(C5CCC(=O)NC5=O)C6=O)CC4)=N/N)cc3OC)C(C)C\C=C\2N1C1CCCC1. The molecule has 16 nitrogen and oxygen atoms in total. The third-order valence-electron chi connectivity index (χ3n) is 14.5. The maximum Gasteiger partial charge on any atom is 0.255 e. The fourth-order valence-electron chi connectivity index (χ4n) is 10.6. The van der Waals surface area contributed by atoms with Crippen LogP contribution in [0.3, 0.4) is 0 Å². The molecule has 3 atom stereocenters. The Bertz CT molecular complexity index is 2470. The van der Waals surface area contributed by atoms with Gasteiger partial charge in [0.15, 0.2) is 0 Å². The molecule has 0 bridgehead atoms. The summed E-state index contributed by atoms with van der Waals surface area (Å²) < 4.78 is 11.8. The molecular weight excluding hydrogens is 873 g/mol. The zero-order valence-corrected chi connectivity index (χ0v) is 40.6. The van der Waals surface area contributed by atoms with Crippen LogP contribution in [0.1, 0.15) is 131 Å². The molecule has 3 unspecified atom stereocenters. The number of benzene rings is 2. The number of methoxy groups -OCH3 is 1. The van der Waals surface area contributed by atoms with Crippen LogP contribution in [0.2, 0.25) is 0 Å². The second-order valence-electron chi connectivity index (χ2n) is 19.0. The maximum absolute atomic E-state index is 13.6. The molecule has 2 saturated heterocycles. The van der Waals surface area contributed by atoms with E-state index in [-0.39, 0.29) is 42.1 Å². The number of aliphatic imine (C=N–C) groups is 2.